The van der Waals surface area contributed by atoms with Gasteiger partial charge in [-0.25, -0.2) is 0 Å². The summed E-state index contributed by atoms with van der Waals surface area (Å²) in [5, 5.41) is 0. The number of carbonyl (C=O) groups is 1. The maximum Gasteiger partial charge on any atom is 0.129 e. The van der Waals surface area contributed by atoms with Crippen molar-refractivity contribution in [3.8, 4) is 0 Å². The summed E-state index contributed by atoms with van der Waals surface area (Å²) in [6, 6.07) is 0. The first-order valence-corrected chi connectivity index (χ1v) is 7.01. The summed E-state index contributed by atoms with van der Waals surface area (Å²) in [7, 11) is -0.679. The topological polar surface area (TPSA) is 34.1 Å². The Morgan fingerprint density at radius 3 is 2.57 bits per heavy atom. The molecule has 1 aliphatic carbocycles. The van der Waals surface area contributed by atoms with Crippen molar-refractivity contribution >= 4 is 16.6 Å². The van der Waals surface area contributed by atoms with Gasteiger partial charge in [0.15, 0.2) is 0 Å². The summed E-state index contributed by atoms with van der Waals surface area (Å²) in [6.45, 7) is 1.60. The first-order chi connectivity index (χ1) is 6.68. The van der Waals surface area contributed by atoms with Crippen molar-refractivity contribution in [2.24, 2.45) is 5.92 Å². The molecule has 1 aliphatic rings. The number of ketones is 1. The molecule has 3 heteroatoms. The molecule has 0 aromatic heterocycles. The minimum Gasteiger partial charge on any atom is -0.300 e. The predicted octanol–water partition coefficient (Wildman–Crippen LogP) is 2.29. The van der Waals surface area contributed by atoms with Gasteiger partial charge in [0.1, 0.15) is 5.78 Å². The third-order valence-corrected chi connectivity index (χ3v) is 4.38. The quantitative estimate of drug-likeness (QED) is 0.682. The van der Waals surface area contributed by atoms with Crippen molar-refractivity contribution in [1.29, 1.82) is 0 Å². The van der Waals surface area contributed by atoms with Gasteiger partial charge in [-0.1, -0.05) is 12.8 Å². The highest BCUT2D eigenvalue weighted by atomic mass is 32.2. The molecule has 0 heterocycles. The molecule has 14 heavy (non-hydrogen) atoms. The summed E-state index contributed by atoms with van der Waals surface area (Å²) < 4.78 is 11.6. The zero-order valence-electron chi connectivity index (χ0n) is 8.96. The molecule has 1 fully saturated rings. The summed E-state index contributed by atoms with van der Waals surface area (Å²) >= 11 is 0. The van der Waals surface area contributed by atoms with E-state index in [4.69, 9.17) is 0 Å². The van der Waals surface area contributed by atoms with Gasteiger partial charge in [0.2, 0.25) is 0 Å². The molecular weight excluding hydrogens is 196 g/mol. The van der Waals surface area contributed by atoms with E-state index in [0.717, 1.165) is 17.9 Å². The van der Waals surface area contributed by atoms with Crippen molar-refractivity contribution in [3.05, 3.63) is 0 Å². The average Bonchev–Trinajstić information content (AvgIpc) is 2.56. The normalized spacial score (nSPS) is 19.8. The Bertz CT molecular complexity index is 207. The lowest BCUT2D eigenvalue weighted by Gasteiger charge is -2.07. The van der Waals surface area contributed by atoms with E-state index in [1.807, 2.05) is 0 Å². The third kappa shape index (κ3) is 4.89. The van der Waals surface area contributed by atoms with Gasteiger partial charge in [-0.3, -0.25) is 4.21 Å². The Kier molecular flexibility index (Phi) is 5.38. The summed E-state index contributed by atoms with van der Waals surface area (Å²) in [6.07, 6.45) is 6.55. The van der Waals surface area contributed by atoms with E-state index in [-0.39, 0.29) is 5.78 Å². The van der Waals surface area contributed by atoms with Crippen LogP contribution in [0.15, 0.2) is 0 Å². The van der Waals surface area contributed by atoms with Crippen LogP contribution in [0.4, 0.5) is 0 Å². The Morgan fingerprint density at radius 2 is 2.00 bits per heavy atom. The van der Waals surface area contributed by atoms with E-state index in [0.29, 0.717) is 12.3 Å². The lowest BCUT2D eigenvalue weighted by molar-refractivity contribution is -0.117. The van der Waals surface area contributed by atoms with Crippen LogP contribution >= 0.6 is 0 Å². The molecule has 0 spiro atoms. The van der Waals surface area contributed by atoms with Gasteiger partial charge in [-0.05, 0) is 32.1 Å². The molecule has 0 aromatic carbocycles. The van der Waals surface area contributed by atoms with Gasteiger partial charge in [-0.15, -0.1) is 0 Å². The van der Waals surface area contributed by atoms with Crippen LogP contribution in [0.1, 0.15) is 45.4 Å². The molecule has 1 atom stereocenters. The van der Waals surface area contributed by atoms with Crippen LogP contribution in [0.3, 0.4) is 0 Å². The van der Waals surface area contributed by atoms with Crippen LogP contribution in [-0.4, -0.2) is 21.5 Å². The van der Waals surface area contributed by atoms with Crippen LogP contribution < -0.4 is 0 Å². The molecule has 0 N–H and O–H groups in total. The van der Waals surface area contributed by atoms with Gasteiger partial charge < -0.3 is 4.79 Å². The van der Waals surface area contributed by atoms with Crippen molar-refractivity contribution in [1.82, 2.24) is 0 Å². The van der Waals surface area contributed by atoms with E-state index in [1.54, 1.807) is 6.92 Å². The third-order valence-electron chi connectivity index (χ3n) is 2.80. The minimum atomic E-state index is -0.679. The van der Waals surface area contributed by atoms with E-state index in [9.17, 15) is 9.00 Å². The lowest BCUT2D eigenvalue weighted by Crippen LogP contribution is -2.11. The SMILES string of the molecule is CC(=O)CCCS(=O)CC1CCCC1. The average molecular weight is 216 g/mol. The highest BCUT2D eigenvalue weighted by molar-refractivity contribution is 7.84. The van der Waals surface area contributed by atoms with E-state index >= 15 is 0 Å². The van der Waals surface area contributed by atoms with E-state index in [1.165, 1.54) is 25.7 Å². The largest absolute Gasteiger partial charge is 0.300 e. The zero-order chi connectivity index (χ0) is 10.4. The second-order valence-corrected chi connectivity index (χ2v) is 5.89. The van der Waals surface area contributed by atoms with Crippen molar-refractivity contribution in [2.45, 2.75) is 45.4 Å². The van der Waals surface area contributed by atoms with Crippen molar-refractivity contribution in [2.75, 3.05) is 11.5 Å². The van der Waals surface area contributed by atoms with Crippen LogP contribution in [-0.2, 0) is 15.6 Å². The summed E-state index contributed by atoms with van der Waals surface area (Å²) in [5.74, 6) is 2.50. The first-order valence-electron chi connectivity index (χ1n) is 5.53. The maximum atomic E-state index is 11.6. The summed E-state index contributed by atoms with van der Waals surface area (Å²) in [5.41, 5.74) is 0. The molecular formula is C11H20O2S. The van der Waals surface area contributed by atoms with Crippen LogP contribution in [0.2, 0.25) is 0 Å². The van der Waals surface area contributed by atoms with Crippen LogP contribution in [0.25, 0.3) is 0 Å². The Hall–Kier alpha value is -0.180. The molecule has 0 radical (unpaired) electrons. The fourth-order valence-electron chi connectivity index (χ4n) is 2.01. The van der Waals surface area contributed by atoms with Gasteiger partial charge in [0.05, 0.1) is 0 Å². The first kappa shape index (κ1) is 11.9. The number of hydrogen-bond donors (Lipinski definition) is 0. The molecule has 82 valence electrons. The Balaban J connectivity index is 2.06. The minimum absolute atomic E-state index is 0.211. The second-order valence-electron chi connectivity index (χ2n) is 4.27. The van der Waals surface area contributed by atoms with Gasteiger partial charge in [-0.2, -0.15) is 0 Å². The number of carbonyl (C=O) groups excluding carboxylic acids is 1. The second kappa shape index (κ2) is 6.33. The molecule has 1 saturated carbocycles. The highest BCUT2D eigenvalue weighted by Gasteiger charge is 2.17. The molecule has 0 aliphatic heterocycles. The number of Topliss-reactive ketones (excluding diaryl/α,β-unsaturated/α-hetero) is 1. The molecule has 0 amide bonds. The number of hydrogen-bond acceptors (Lipinski definition) is 2. The number of rotatable bonds is 6. The fourth-order valence-corrected chi connectivity index (χ4v) is 3.50. The predicted molar refractivity (Wildman–Crippen MR) is 59.7 cm³/mol. The van der Waals surface area contributed by atoms with E-state index in [2.05, 4.69) is 0 Å². The smallest absolute Gasteiger partial charge is 0.129 e. The molecule has 1 unspecified atom stereocenters. The van der Waals surface area contributed by atoms with Crippen molar-refractivity contribution in [3.63, 3.8) is 0 Å². The van der Waals surface area contributed by atoms with Crippen LogP contribution in [0.5, 0.6) is 0 Å². The molecule has 2 nitrogen and oxygen atoms in total. The molecule has 0 bridgehead atoms. The highest BCUT2D eigenvalue weighted by Crippen LogP contribution is 2.25. The molecule has 0 aromatic rings. The maximum absolute atomic E-state index is 11.6. The van der Waals surface area contributed by atoms with Gasteiger partial charge in [0.25, 0.3) is 0 Å². The molecule has 1 rings (SSSR count). The molecule has 0 saturated heterocycles. The van der Waals surface area contributed by atoms with Crippen LogP contribution in [0, 0.1) is 5.92 Å². The monoisotopic (exact) mass is 216 g/mol. The fraction of sp³-hybridized carbons (Fsp3) is 0.909. The van der Waals surface area contributed by atoms with E-state index < -0.39 is 10.8 Å². The van der Waals surface area contributed by atoms with Gasteiger partial charge >= 0.3 is 0 Å². The lowest BCUT2D eigenvalue weighted by atomic mass is 10.1. The standard InChI is InChI=1S/C11H20O2S/c1-10(12)5-4-8-14(13)9-11-6-2-3-7-11/h11H,2-9H2,1H3. The Morgan fingerprint density at radius 1 is 1.36 bits per heavy atom. The Labute approximate surface area is 88.9 Å². The van der Waals surface area contributed by atoms with Crippen molar-refractivity contribution < 1.29 is 9.00 Å². The van der Waals surface area contributed by atoms with Gasteiger partial charge in [0, 0.05) is 28.7 Å². The summed E-state index contributed by atoms with van der Waals surface area (Å²) in [4.78, 5) is 10.7. The zero-order valence-corrected chi connectivity index (χ0v) is 9.78.